The first-order chi connectivity index (χ1) is 7.59. The second kappa shape index (κ2) is 3.94. The lowest BCUT2D eigenvalue weighted by Crippen LogP contribution is -2.06. The summed E-state index contributed by atoms with van der Waals surface area (Å²) in [6.45, 7) is 0. The summed E-state index contributed by atoms with van der Waals surface area (Å²) in [4.78, 5) is 14.7. The van der Waals surface area contributed by atoms with Gasteiger partial charge in [0.15, 0.2) is 5.82 Å². The van der Waals surface area contributed by atoms with E-state index in [9.17, 15) is 4.79 Å². The maximum absolute atomic E-state index is 10.8. The molecule has 0 amide bonds. The number of carboxylic acid groups (broad SMARTS) is 1. The fourth-order valence-corrected chi connectivity index (χ4v) is 1.55. The van der Waals surface area contributed by atoms with Gasteiger partial charge in [-0.25, -0.2) is 14.5 Å². The molecule has 0 saturated heterocycles. The molecular weight excluding hydrogens is 230 g/mol. The summed E-state index contributed by atoms with van der Waals surface area (Å²) in [6.07, 6.45) is 0. The second-order valence-electron chi connectivity index (χ2n) is 3.17. The summed E-state index contributed by atoms with van der Waals surface area (Å²) in [5, 5.41) is 13.3. The fraction of sp³-hybridized carbons (Fsp3) is 0.100. The fourth-order valence-electron chi connectivity index (χ4n) is 1.33. The predicted molar refractivity (Wildman–Crippen MR) is 58.4 cm³/mol. The highest BCUT2D eigenvalue weighted by Gasteiger charge is 2.16. The normalized spacial score (nSPS) is 10.4. The van der Waals surface area contributed by atoms with Crippen LogP contribution in [-0.4, -0.2) is 25.8 Å². The van der Waals surface area contributed by atoms with Crippen LogP contribution < -0.4 is 0 Å². The molecule has 0 aliphatic rings. The van der Waals surface area contributed by atoms with Crippen LogP contribution in [-0.2, 0) is 7.05 Å². The second-order valence-corrected chi connectivity index (χ2v) is 3.57. The molecular formula is C10H8ClN3O2. The Morgan fingerprint density at radius 1 is 1.44 bits per heavy atom. The zero-order chi connectivity index (χ0) is 11.7. The molecule has 0 atom stereocenters. The number of halogens is 1. The van der Waals surface area contributed by atoms with Crippen molar-refractivity contribution in [2.24, 2.45) is 7.05 Å². The van der Waals surface area contributed by atoms with Crippen molar-refractivity contribution in [1.29, 1.82) is 0 Å². The van der Waals surface area contributed by atoms with E-state index >= 15 is 0 Å². The molecule has 5 nitrogen and oxygen atoms in total. The molecule has 1 aromatic carbocycles. The summed E-state index contributed by atoms with van der Waals surface area (Å²) in [5.74, 6) is -0.922. The largest absolute Gasteiger partial charge is 0.475 e. The van der Waals surface area contributed by atoms with Gasteiger partial charge in [0.05, 0.1) is 5.02 Å². The van der Waals surface area contributed by atoms with Gasteiger partial charge in [0.1, 0.15) is 0 Å². The van der Waals surface area contributed by atoms with Gasteiger partial charge in [-0.3, -0.25) is 0 Å². The van der Waals surface area contributed by atoms with Gasteiger partial charge in [-0.15, -0.1) is 0 Å². The maximum Gasteiger partial charge on any atom is 0.373 e. The van der Waals surface area contributed by atoms with Gasteiger partial charge in [-0.05, 0) is 12.1 Å². The third kappa shape index (κ3) is 1.77. The predicted octanol–water partition coefficient (Wildman–Crippen LogP) is 1.83. The molecule has 82 valence electrons. The summed E-state index contributed by atoms with van der Waals surface area (Å²) < 4.78 is 1.21. The third-order valence-electron chi connectivity index (χ3n) is 2.07. The SMILES string of the molecule is Cn1nc(-c2ccccc2Cl)nc1C(=O)O. The van der Waals surface area contributed by atoms with Crippen LogP contribution in [0.1, 0.15) is 10.6 Å². The molecule has 2 aromatic rings. The van der Waals surface area contributed by atoms with Gasteiger partial charge >= 0.3 is 5.97 Å². The highest BCUT2D eigenvalue weighted by molar-refractivity contribution is 6.33. The Morgan fingerprint density at radius 3 is 2.69 bits per heavy atom. The Bertz CT molecular complexity index is 551. The van der Waals surface area contributed by atoms with Crippen LogP contribution in [0.3, 0.4) is 0 Å². The smallest absolute Gasteiger partial charge is 0.373 e. The van der Waals surface area contributed by atoms with E-state index in [4.69, 9.17) is 16.7 Å². The van der Waals surface area contributed by atoms with Crippen molar-refractivity contribution < 1.29 is 9.90 Å². The highest BCUT2D eigenvalue weighted by atomic mass is 35.5. The molecule has 0 saturated carbocycles. The number of aromatic nitrogens is 3. The molecule has 16 heavy (non-hydrogen) atoms. The number of carboxylic acids is 1. The molecule has 2 rings (SSSR count). The molecule has 1 aromatic heterocycles. The minimum Gasteiger partial charge on any atom is -0.475 e. The third-order valence-corrected chi connectivity index (χ3v) is 2.40. The lowest BCUT2D eigenvalue weighted by molar-refractivity contribution is 0.0678. The van der Waals surface area contributed by atoms with E-state index in [1.165, 1.54) is 11.7 Å². The van der Waals surface area contributed by atoms with Crippen molar-refractivity contribution in [2.45, 2.75) is 0 Å². The molecule has 0 unspecified atom stereocenters. The first-order valence-electron chi connectivity index (χ1n) is 4.49. The quantitative estimate of drug-likeness (QED) is 0.865. The van der Waals surface area contributed by atoms with Gasteiger partial charge in [0, 0.05) is 12.6 Å². The summed E-state index contributed by atoms with van der Waals surface area (Å²) in [7, 11) is 1.52. The number of hydrogen-bond donors (Lipinski definition) is 1. The van der Waals surface area contributed by atoms with Gasteiger partial charge in [-0.1, -0.05) is 23.7 Å². The van der Waals surface area contributed by atoms with Gasteiger partial charge in [0.25, 0.3) is 0 Å². The Labute approximate surface area is 96.3 Å². The van der Waals surface area contributed by atoms with Crippen LogP contribution in [0.5, 0.6) is 0 Å². The minimum atomic E-state index is -1.12. The molecule has 6 heteroatoms. The van der Waals surface area contributed by atoms with Crippen molar-refractivity contribution in [3.05, 3.63) is 35.1 Å². The van der Waals surface area contributed by atoms with Gasteiger partial charge in [-0.2, -0.15) is 5.10 Å². The van der Waals surface area contributed by atoms with Crippen molar-refractivity contribution in [1.82, 2.24) is 14.8 Å². The Balaban J connectivity index is 2.54. The summed E-state index contributed by atoms with van der Waals surface area (Å²) >= 11 is 5.96. The Kier molecular flexibility index (Phi) is 2.62. The molecule has 0 spiro atoms. The van der Waals surface area contributed by atoms with Gasteiger partial charge < -0.3 is 5.11 Å². The van der Waals surface area contributed by atoms with Crippen LogP contribution in [0, 0.1) is 0 Å². The standard InChI is InChI=1S/C10H8ClN3O2/c1-14-9(10(15)16)12-8(13-14)6-4-2-3-5-7(6)11/h2-5H,1H3,(H,15,16). The van der Waals surface area contributed by atoms with Gasteiger partial charge in [0.2, 0.25) is 5.82 Å². The average molecular weight is 238 g/mol. The summed E-state index contributed by atoms with van der Waals surface area (Å²) in [6, 6.07) is 7.02. The first kappa shape index (κ1) is 10.6. The van der Waals surface area contributed by atoms with Crippen LogP contribution in [0.15, 0.2) is 24.3 Å². The zero-order valence-electron chi connectivity index (χ0n) is 8.38. The van der Waals surface area contributed by atoms with E-state index in [1.807, 2.05) is 0 Å². The number of benzene rings is 1. The maximum atomic E-state index is 10.8. The molecule has 1 N–H and O–H groups in total. The van der Waals surface area contributed by atoms with Crippen LogP contribution in [0.25, 0.3) is 11.4 Å². The van der Waals surface area contributed by atoms with E-state index in [2.05, 4.69) is 10.1 Å². The highest BCUT2D eigenvalue weighted by Crippen LogP contribution is 2.24. The molecule has 1 heterocycles. The number of nitrogens with zero attached hydrogens (tertiary/aromatic N) is 3. The van der Waals surface area contributed by atoms with E-state index in [0.717, 1.165) is 0 Å². The molecule has 0 bridgehead atoms. The van der Waals surface area contributed by atoms with E-state index < -0.39 is 5.97 Å². The summed E-state index contributed by atoms with van der Waals surface area (Å²) in [5.41, 5.74) is 0.618. The molecule has 0 aliphatic carbocycles. The van der Waals surface area contributed by atoms with Crippen molar-refractivity contribution >= 4 is 17.6 Å². The van der Waals surface area contributed by atoms with E-state index in [-0.39, 0.29) is 5.82 Å². The first-order valence-corrected chi connectivity index (χ1v) is 4.86. The molecule has 0 aliphatic heterocycles. The van der Waals surface area contributed by atoms with Crippen LogP contribution in [0.2, 0.25) is 5.02 Å². The Hall–Kier alpha value is -1.88. The molecule has 0 radical (unpaired) electrons. The average Bonchev–Trinajstić information content (AvgIpc) is 2.61. The lowest BCUT2D eigenvalue weighted by Gasteiger charge is -1.96. The number of hydrogen-bond acceptors (Lipinski definition) is 3. The number of aromatic carboxylic acids is 1. The monoisotopic (exact) mass is 237 g/mol. The number of rotatable bonds is 2. The van der Waals surface area contributed by atoms with Crippen LogP contribution in [0.4, 0.5) is 0 Å². The number of carbonyl (C=O) groups is 1. The van der Waals surface area contributed by atoms with Crippen molar-refractivity contribution in [2.75, 3.05) is 0 Å². The van der Waals surface area contributed by atoms with Crippen molar-refractivity contribution in [3.63, 3.8) is 0 Å². The topological polar surface area (TPSA) is 68.0 Å². The lowest BCUT2D eigenvalue weighted by atomic mass is 10.2. The van der Waals surface area contributed by atoms with E-state index in [0.29, 0.717) is 16.4 Å². The minimum absolute atomic E-state index is 0.116. The molecule has 0 fully saturated rings. The number of aryl methyl sites for hydroxylation is 1. The Morgan fingerprint density at radius 2 is 2.12 bits per heavy atom. The van der Waals surface area contributed by atoms with E-state index in [1.54, 1.807) is 24.3 Å². The zero-order valence-corrected chi connectivity index (χ0v) is 9.14. The van der Waals surface area contributed by atoms with Crippen LogP contribution >= 0.6 is 11.6 Å². The van der Waals surface area contributed by atoms with Crippen molar-refractivity contribution in [3.8, 4) is 11.4 Å².